The van der Waals surface area contributed by atoms with Gasteiger partial charge in [0.05, 0.1) is 17.7 Å². The van der Waals surface area contributed by atoms with E-state index in [1.807, 2.05) is 38.1 Å². The number of carbonyl (C=O) groups is 1. The van der Waals surface area contributed by atoms with E-state index in [4.69, 9.17) is 4.98 Å². The largest absolute Gasteiger partial charge is 0.353 e. The van der Waals surface area contributed by atoms with Crippen LogP contribution in [0.1, 0.15) is 55.2 Å². The van der Waals surface area contributed by atoms with Gasteiger partial charge >= 0.3 is 0 Å². The van der Waals surface area contributed by atoms with Gasteiger partial charge < -0.3 is 5.32 Å². The topological polar surface area (TPSA) is 64.0 Å². The number of nitrogens with one attached hydrogen (secondary N) is 1. The van der Waals surface area contributed by atoms with Crippen molar-refractivity contribution < 1.29 is 4.79 Å². The molecule has 166 valence electrons. The Labute approximate surface area is 192 Å². The highest BCUT2D eigenvalue weighted by atomic mass is 32.2. The quantitative estimate of drug-likeness (QED) is 0.359. The van der Waals surface area contributed by atoms with Crippen LogP contribution in [0, 0.1) is 13.8 Å². The second-order valence-corrected chi connectivity index (χ2v) is 9.85. The molecule has 1 N–H and O–H groups in total. The molecule has 0 spiro atoms. The molecule has 0 aliphatic heterocycles. The van der Waals surface area contributed by atoms with Crippen molar-refractivity contribution in [2.75, 3.05) is 5.75 Å². The molecule has 3 aromatic rings. The van der Waals surface area contributed by atoms with Crippen molar-refractivity contribution in [3.63, 3.8) is 0 Å². The van der Waals surface area contributed by atoms with E-state index in [2.05, 4.69) is 26.1 Å². The summed E-state index contributed by atoms with van der Waals surface area (Å²) in [4.78, 5) is 32.8. The Morgan fingerprint density at radius 2 is 1.84 bits per heavy atom. The third-order valence-electron chi connectivity index (χ3n) is 5.58. The Kier molecular flexibility index (Phi) is 7.94. The normalized spacial score (nSPS) is 11.4. The second kappa shape index (κ2) is 10.5. The number of hydrogen-bond donors (Lipinski definition) is 1. The van der Waals surface area contributed by atoms with Crippen molar-refractivity contribution in [3.8, 4) is 0 Å². The number of carbonyl (C=O) groups excluding carboxylic acids is 1. The molecule has 0 atom stereocenters. The van der Waals surface area contributed by atoms with Gasteiger partial charge in [0, 0.05) is 10.9 Å². The molecular formula is C24H31N3O2S2. The number of nitrogens with zero attached hydrogens (tertiary/aromatic N) is 2. The molecule has 0 saturated heterocycles. The molecule has 3 rings (SSSR count). The van der Waals surface area contributed by atoms with Crippen LogP contribution in [-0.4, -0.2) is 27.3 Å². The van der Waals surface area contributed by atoms with E-state index >= 15 is 0 Å². The number of benzene rings is 1. The van der Waals surface area contributed by atoms with Gasteiger partial charge in [0.1, 0.15) is 4.83 Å². The van der Waals surface area contributed by atoms with Gasteiger partial charge in [-0.05, 0) is 44.2 Å². The predicted molar refractivity (Wildman–Crippen MR) is 132 cm³/mol. The molecule has 0 saturated carbocycles. The third kappa shape index (κ3) is 5.39. The van der Waals surface area contributed by atoms with Crippen LogP contribution in [0.25, 0.3) is 10.2 Å². The molecule has 0 radical (unpaired) electrons. The van der Waals surface area contributed by atoms with Gasteiger partial charge in [-0.2, -0.15) is 0 Å². The second-order valence-electron chi connectivity index (χ2n) is 7.82. The van der Waals surface area contributed by atoms with Gasteiger partial charge in [-0.15, -0.1) is 11.3 Å². The molecule has 0 unspecified atom stereocenters. The van der Waals surface area contributed by atoms with Gasteiger partial charge in [0.2, 0.25) is 5.91 Å². The molecule has 0 aliphatic carbocycles. The van der Waals surface area contributed by atoms with Crippen LogP contribution in [0.3, 0.4) is 0 Å². The van der Waals surface area contributed by atoms with Gasteiger partial charge in [-0.25, -0.2) is 4.98 Å². The summed E-state index contributed by atoms with van der Waals surface area (Å²) in [6, 6.07) is 8.36. The summed E-state index contributed by atoms with van der Waals surface area (Å²) in [5, 5.41) is 4.37. The molecule has 0 aliphatic rings. The number of aromatic nitrogens is 2. The molecule has 1 aromatic carbocycles. The number of rotatable bonds is 9. The van der Waals surface area contributed by atoms with Crippen molar-refractivity contribution in [1.29, 1.82) is 0 Å². The maximum atomic E-state index is 13.5. The smallest absolute Gasteiger partial charge is 0.263 e. The van der Waals surface area contributed by atoms with E-state index < -0.39 is 0 Å². The van der Waals surface area contributed by atoms with Crippen molar-refractivity contribution in [2.24, 2.45) is 0 Å². The van der Waals surface area contributed by atoms with E-state index in [9.17, 15) is 9.59 Å². The molecule has 2 aromatic heterocycles. The molecule has 31 heavy (non-hydrogen) atoms. The van der Waals surface area contributed by atoms with Gasteiger partial charge in [-0.1, -0.05) is 62.4 Å². The Hall–Kier alpha value is -2.12. The van der Waals surface area contributed by atoms with Crippen molar-refractivity contribution in [1.82, 2.24) is 14.9 Å². The lowest BCUT2D eigenvalue weighted by atomic mass is 10.1. The Balaban J connectivity index is 1.98. The Bertz CT molecular complexity index is 1110. The SMILES string of the molecule is CCc1sc2nc(SCC(=O)NC(CC)CC)n(Cc3ccc(C)cc3)c(=O)c2c1C. The van der Waals surface area contributed by atoms with E-state index in [-0.39, 0.29) is 23.3 Å². The molecule has 0 fully saturated rings. The minimum absolute atomic E-state index is 0.0217. The zero-order chi connectivity index (χ0) is 22.5. The first-order valence-electron chi connectivity index (χ1n) is 10.9. The molecule has 7 heteroatoms. The fourth-order valence-corrected chi connectivity index (χ4v) is 5.57. The van der Waals surface area contributed by atoms with Crippen molar-refractivity contribution in [2.45, 2.75) is 71.6 Å². The Morgan fingerprint density at radius 1 is 1.16 bits per heavy atom. The zero-order valence-corrected chi connectivity index (χ0v) is 20.6. The fraction of sp³-hybridized carbons (Fsp3) is 0.458. The summed E-state index contributed by atoms with van der Waals surface area (Å²) >= 11 is 2.92. The highest BCUT2D eigenvalue weighted by Gasteiger charge is 2.19. The van der Waals surface area contributed by atoms with Crippen molar-refractivity contribution >= 4 is 39.2 Å². The zero-order valence-electron chi connectivity index (χ0n) is 18.9. The third-order valence-corrected chi connectivity index (χ3v) is 7.89. The van der Waals surface area contributed by atoms with Gasteiger partial charge in [0.25, 0.3) is 5.56 Å². The summed E-state index contributed by atoms with van der Waals surface area (Å²) in [5.41, 5.74) is 3.22. The summed E-state index contributed by atoms with van der Waals surface area (Å²) < 4.78 is 1.72. The number of amides is 1. The number of hydrogen-bond acceptors (Lipinski definition) is 5. The van der Waals surface area contributed by atoms with Crippen LogP contribution in [-0.2, 0) is 17.8 Å². The van der Waals surface area contributed by atoms with Crippen LogP contribution in [0.5, 0.6) is 0 Å². The first-order valence-corrected chi connectivity index (χ1v) is 12.7. The minimum Gasteiger partial charge on any atom is -0.353 e. The lowest BCUT2D eigenvalue weighted by Crippen LogP contribution is -2.35. The summed E-state index contributed by atoms with van der Waals surface area (Å²) in [6.45, 7) is 10.7. The average molecular weight is 458 g/mol. The van der Waals surface area contributed by atoms with Crippen LogP contribution in [0.15, 0.2) is 34.2 Å². The monoisotopic (exact) mass is 457 g/mol. The van der Waals surface area contributed by atoms with Crippen LogP contribution >= 0.6 is 23.1 Å². The number of thiophene rings is 1. The van der Waals surface area contributed by atoms with E-state index in [1.54, 1.807) is 15.9 Å². The van der Waals surface area contributed by atoms with Gasteiger partial charge in [0.15, 0.2) is 5.16 Å². The minimum atomic E-state index is -0.0260. The maximum Gasteiger partial charge on any atom is 0.263 e. The molecule has 2 heterocycles. The molecule has 5 nitrogen and oxygen atoms in total. The molecule has 0 bridgehead atoms. The van der Waals surface area contributed by atoms with Crippen molar-refractivity contribution in [3.05, 3.63) is 56.2 Å². The van der Waals surface area contributed by atoms with Crippen LogP contribution in [0.2, 0.25) is 0 Å². The number of fused-ring (bicyclic) bond motifs is 1. The summed E-state index contributed by atoms with van der Waals surface area (Å²) in [6.07, 6.45) is 2.69. The molecular weight excluding hydrogens is 426 g/mol. The maximum absolute atomic E-state index is 13.5. The standard InChI is InChI=1S/C24H31N3O2S2/c1-6-18(7-2)25-20(28)14-30-24-26-22-21(16(5)19(8-3)31-22)23(29)27(24)13-17-11-9-15(4)10-12-17/h9-12,18H,6-8,13-14H2,1-5H3,(H,25,28). The lowest BCUT2D eigenvalue weighted by Gasteiger charge is -2.15. The summed E-state index contributed by atoms with van der Waals surface area (Å²) in [7, 11) is 0. The predicted octanol–water partition coefficient (Wildman–Crippen LogP) is 5.08. The highest BCUT2D eigenvalue weighted by Crippen LogP contribution is 2.29. The van der Waals surface area contributed by atoms with Crippen LogP contribution < -0.4 is 10.9 Å². The summed E-state index contributed by atoms with van der Waals surface area (Å²) in [5.74, 6) is 0.222. The fourth-order valence-electron chi connectivity index (χ4n) is 3.60. The number of aryl methyl sites for hydroxylation is 3. The first kappa shape index (κ1) is 23.5. The van der Waals surface area contributed by atoms with E-state index in [1.165, 1.54) is 22.2 Å². The average Bonchev–Trinajstić information content (AvgIpc) is 3.09. The number of thioether (sulfide) groups is 1. The highest BCUT2D eigenvalue weighted by molar-refractivity contribution is 7.99. The van der Waals surface area contributed by atoms with Gasteiger partial charge in [-0.3, -0.25) is 14.2 Å². The van der Waals surface area contributed by atoms with Crippen LogP contribution in [0.4, 0.5) is 0 Å². The van der Waals surface area contributed by atoms with E-state index in [0.29, 0.717) is 17.1 Å². The van der Waals surface area contributed by atoms with E-state index in [0.717, 1.165) is 35.2 Å². The molecule has 1 amide bonds. The lowest BCUT2D eigenvalue weighted by molar-refractivity contribution is -0.119. The first-order chi connectivity index (χ1) is 14.9. The Morgan fingerprint density at radius 3 is 2.45 bits per heavy atom.